The Bertz CT molecular complexity index is 1290. The van der Waals surface area contributed by atoms with Gasteiger partial charge in [0.05, 0.1) is 11.0 Å². The lowest BCUT2D eigenvalue weighted by Crippen LogP contribution is -2.14. The van der Waals surface area contributed by atoms with Gasteiger partial charge in [-0.15, -0.1) is 0 Å². The first-order valence-corrected chi connectivity index (χ1v) is 9.70. The molecule has 0 radical (unpaired) electrons. The molecule has 0 amide bonds. The summed E-state index contributed by atoms with van der Waals surface area (Å²) in [6, 6.07) is 17.3. The molecule has 1 unspecified atom stereocenters. The number of nitrogens with one attached hydrogen (secondary N) is 1. The fraction of sp³-hybridized carbons (Fsp3) is 0.125. The monoisotopic (exact) mass is 417 g/mol. The molecular weight excluding hydrogens is 397 g/mol. The minimum Gasteiger partial charge on any atom is -0.505 e. The van der Waals surface area contributed by atoms with Gasteiger partial charge in [-0.25, -0.2) is 9.37 Å². The number of fused-ring (bicyclic) bond motifs is 1. The number of aromatic hydroxyl groups is 1. The standard InChI is InChI=1S/C24H20FN3O3/c1-14-3-12-20(21(13-14)28(30)31)27-22(16-6-9-18(25)10-7-16)19-11-8-17-5-4-15(2)26-23(17)24(19)29/h3-13,22,27,29H,1-2H3. The van der Waals surface area contributed by atoms with Crippen molar-refractivity contribution in [2.24, 2.45) is 0 Å². The molecule has 1 atom stereocenters. The van der Waals surface area contributed by atoms with E-state index in [1.807, 2.05) is 25.1 Å². The second kappa shape index (κ2) is 8.02. The van der Waals surface area contributed by atoms with Gasteiger partial charge >= 0.3 is 0 Å². The van der Waals surface area contributed by atoms with Crippen LogP contribution in [0.2, 0.25) is 0 Å². The first kappa shape index (κ1) is 20.3. The molecule has 1 aromatic heterocycles. The minimum atomic E-state index is -0.672. The Morgan fingerprint density at radius 3 is 2.45 bits per heavy atom. The highest BCUT2D eigenvalue weighted by molar-refractivity contribution is 5.86. The van der Waals surface area contributed by atoms with Crippen LogP contribution in [0.25, 0.3) is 10.9 Å². The number of halogens is 1. The van der Waals surface area contributed by atoms with E-state index in [9.17, 15) is 19.6 Å². The van der Waals surface area contributed by atoms with Gasteiger partial charge in [0.15, 0.2) is 0 Å². The van der Waals surface area contributed by atoms with Gasteiger partial charge in [-0.2, -0.15) is 0 Å². The third-order valence-electron chi connectivity index (χ3n) is 5.17. The Labute approximate surface area is 178 Å². The molecule has 0 aliphatic rings. The van der Waals surface area contributed by atoms with Crippen molar-refractivity contribution >= 4 is 22.3 Å². The first-order chi connectivity index (χ1) is 14.8. The number of pyridine rings is 1. The molecule has 1 heterocycles. The number of anilines is 1. The molecule has 2 N–H and O–H groups in total. The Hall–Kier alpha value is -4.00. The second-order valence-electron chi connectivity index (χ2n) is 7.43. The first-order valence-electron chi connectivity index (χ1n) is 9.70. The average Bonchev–Trinajstić information content (AvgIpc) is 2.74. The average molecular weight is 417 g/mol. The number of phenols is 1. The summed E-state index contributed by atoms with van der Waals surface area (Å²) in [4.78, 5) is 15.6. The quantitative estimate of drug-likeness (QED) is 0.316. The van der Waals surface area contributed by atoms with Crippen molar-refractivity contribution in [2.75, 3.05) is 5.32 Å². The number of nitro benzene ring substituents is 1. The van der Waals surface area contributed by atoms with E-state index in [1.54, 1.807) is 37.3 Å². The molecule has 156 valence electrons. The van der Waals surface area contributed by atoms with Crippen LogP contribution >= 0.6 is 0 Å². The fourth-order valence-electron chi connectivity index (χ4n) is 3.59. The summed E-state index contributed by atoms with van der Waals surface area (Å²) >= 11 is 0. The smallest absolute Gasteiger partial charge is 0.292 e. The number of hydrogen-bond donors (Lipinski definition) is 2. The highest BCUT2D eigenvalue weighted by Crippen LogP contribution is 2.38. The van der Waals surface area contributed by atoms with Gasteiger partial charge in [-0.3, -0.25) is 10.1 Å². The highest BCUT2D eigenvalue weighted by Gasteiger charge is 2.23. The Balaban J connectivity index is 1.89. The maximum Gasteiger partial charge on any atom is 0.292 e. The van der Waals surface area contributed by atoms with Crippen LogP contribution in [0.5, 0.6) is 5.75 Å². The normalized spacial score (nSPS) is 12.0. The van der Waals surface area contributed by atoms with E-state index in [4.69, 9.17) is 0 Å². The van der Waals surface area contributed by atoms with Gasteiger partial charge in [0.2, 0.25) is 0 Å². The van der Waals surface area contributed by atoms with Gasteiger partial charge in [0.1, 0.15) is 22.8 Å². The van der Waals surface area contributed by atoms with E-state index in [1.165, 1.54) is 18.2 Å². The number of hydrogen-bond acceptors (Lipinski definition) is 5. The summed E-state index contributed by atoms with van der Waals surface area (Å²) in [5.41, 5.74) is 3.27. The Morgan fingerprint density at radius 2 is 1.74 bits per heavy atom. The van der Waals surface area contributed by atoms with Crippen LogP contribution in [0.15, 0.2) is 66.7 Å². The summed E-state index contributed by atoms with van der Waals surface area (Å²) < 4.78 is 13.6. The van der Waals surface area contributed by atoms with Crippen LogP contribution in [0.4, 0.5) is 15.8 Å². The van der Waals surface area contributed by atoms with E-state index in [0.717, 1.165) is 16.6 Å². The topological polar surface area (TPSA) is 88.3 Å². The SMILES string of the molecule is Cc1ccc(NC(c2ccc(F)cc2)c2ccc3ccc(C)nc3c2O)c([N+](=O)[O-])c1. The van der Waals surface area contributed by atoms with Crippen LogP contribution in [0, 0.1) is 29.8 Å². The summed E-state index contributed by atoms with van der Waals surface area (Å²) in [7, 11) is 0. The highest BCUT2D eigenvalue weighted by atomic mass is 19.1. The number of nitrogens with zero attached hydrogens (tertiary/aromatic N) is 2. The molecular formula is C24H20FN3O3. The largest absolute Gasteiger partial charge is 0.505 e. The van der Waals surface area contributed by atoms with E-state index < -0.39 is 16.8 Å². The van der Waals surface area contributed by atoms with Gasteiger partial charge in [-0.1, -0.05) is 36.4 Å². The summed E-state index contributed by atoms with van der Waals surface area (Å²) in [5.74, 6) is -0.429. The summed E-state index contributed by atoms with van der Waals surface area (Å²) in [5, 5.41) is 26.6. The van der Waals surface area contributed by atoms with Crippen molar-refractivity contribution in [3.63, 3.8) is 0 Å². The minimum absolute atomic E-state index is 0.0298. The van der Waals surface area contributed by atoms with Gasteiger partial charge in [-0.05, 0) is 49.2 Å². The van der Waals surface area contributed by atoms with Crippen molar-refractivity contribution in [1.82, 2.24) is 4.98 Å². The molecule has 0 saturated carbocycles. The van der Waals surface area contributed by atoms with Crippen molar-refractivity contribution in [2.45, 2.75) is 19.9 Å². The van der Waals surface area contributed by atoms with Crippen LogP contribution < -0.4 is 5.32 Å². The zero-order chi connectivity index (χ0) is 22.1. The number of phenolic OH excluding ortho intramolecular Hbond substituents is 1. The summed E-state index contributed by atoms with van der Waals surface area (Å²) in [6.07, 6.45) is 0. The van der Waals surface area contributed by atoms with E-state index >= 15 is 0 Å². The number of benzene rings is 3. The number of nitro groups is 1. The molecule has 0 fully saturated rings. The molecule has 4 aromatic rings. The molecule has 31 heavy (non-hydrogen) atoms. The van der Waals surface area contributed by atoms with Gasteiger partial charge < -0.3 is 10.4 Å². The molecule has 0 saturated heterocycles. The van der Waals surface area contributed by atoms with Crippen molar-refractivity contribution in [3.05, 3.63) is 105 Å². The van der Waals surface area contributed by atoms with Crippen LogP contribution in [0.3, 0.4) is 0 Å². The maximum atomic E-state index is 13.6. The predicted octanol–water partition coefficient (Wildman–Crippen LogP) is 5.81. The van der Waals surface area contributed by atoms with E-state index in [-0.39, 0.29) is 11.4 Å². The summed E-state index contributed by atoms with van der Waals surface area (Å²) in [6.45, 7) is 3.61. The molecule has 3 aromatic carbocycles. The van der Waals surface area contributed by atoms with E-state index in [0.29, 0.717) is 22.3 Å². The van der Waals surface area contributed by atoms with E-state index in [2.05, 4.69) is 10.3 Å². The van der Waals surface area contributed by atoms with Crippen molar-refractivity contribution in [3.8, 4) is 5.75 Å². The zero-order valence-corrected chi connectivity index (χ0v) is 17.0. The number of aryl methyl sites for hydroxylation is 2. The van der Waals surface area contributed by atoms with Crippen molar-refractivity contribution < 1.29 is 14.4 Å². The number of rotatable bonds is 5. The molecule has 0 aliphatic carbocycles. The zero-order valence-electron chi connectivity index (χ0n) is 17.0. The van der Waals surface area contributed by atoms with Gasteiger partial charge in [0, 0.05) is 22.7 Å². The van der Waals surface area contributed by atoms with Gasteiger partial charge in [0.25, 0.3) is 5.69 Å². The lowest BCUT2D eigenvalue weighted by Gasteiger charge is -2.22. The maximum absolute atomic E-state index is 13.6. The van der Waals surface area contributed by atoms with Crippen LogP contribution in [-0.4, -0.2) is 15.0 Å². The molecule has 4 rings (SSSR count). The third kappa shape index (κ3) is 4.02. The Morgan fingerprint density at radius 1 is 1.03 bits per heavy atom. The van der Waals surface area contributed by atoms with Crippen LogP contribution in [0.1, 0.15) is 28.4 Å². The Kier molecular flexibility index (Phi) is 5.25. The lowest BCUT2D eigenvalue weighted by atomic mass is 9.95. The molecule has 0 aliphatic heterocycles. The predicted molar refractivity (Wildman–Crippen MR) is 118 cm³/mol. The number of aromatic nitrogens is 1. The molecule has 0 spiro atoms. The lowest BCUT2D eigenvalue weighted by molar-refractivity contribution is -0.384. The molecule has 7 heteroatoms. The van der Waals surface area contributed by atoms with Crippen molar-refractivity contribution in [1.29, 1.82) is 0 Å². The molecule has 6 nitrogen and oxygen atoms in total. The second-order valence-corrected chi connectivity index (χ2v) is 7.43. The molecule has 0 bridgehead atoms. The fourth-order valence-corrected chi connectivity index (χ4v) is 3.59. The third-order valence-corrected chi connectivity index (χ3v) is 5.17. The van der Waals surface area contributed by atoms with Crippen LogP contribution in [-0.2, 0) is 0 Å².